The van der Waals surface area contributed by atoms with Gasteiger partial charge < -0.3 is 33.2 Å². The zero-order valence-electron chi connectivity index (χ0n) is 44.4. The molecule has 0 aromatic heterocycles. The van der Waals surface area contributed by atoms with Crippen molar-refractivity contribution in [2.24, 2.45) is 11.3 Å². The highest BCUT2D eigenvalue weighted by molar-refractivity contribution is 6.30. The molecule has 0 unspecified atom stereocenters. The first kappa shape index (κ1) is 59.3. The van der Waals surface area contributed by atoms with Crippen LogP contribution in [0.2, 0.25) is 0 Å². The number of unbranched alkanes of at least 4 members (excludes halogenated alkanes) is 2. The van der Waals surface area contributed by atoms with Gasteiger partial charge in [0.25, 0.3) is 0 Å². The molecule has 13 nitrogen and oxygen atoms in total. The van der Waals surface area contributed by atoms with Crippen LogP contribution in [0.15, 0.2) is 66.8 Å². The van der Waals surface area contributed by atoms with Crippen LogP contribution in [0.4, 0.5) is 4.39 Å². The fourth-order valence-corrected chi connectivity index (χ4v) is 9.62. The summed E-state index contributed by atoms with van der Waals surface area (Å²) in [5.41, 5.74) is 6.60. The average Bonchev–Trinajstić information content (AvgIpc) is 3.38. The Morgan fingerprint density at radius 3 is 1.74 bits per heavy atom. The summed E-state index contributed by atoms with van der Waals surface area (Å²) in [4.78, 5) is 74.5. The first-order chi connectivity index (χ1) is 34.9. The lowest BCUT2D eigenvalue weighted by atomic mass is 9.77. The van der Waals surface area contributed by atoms with Crippen molar-refractivity contribution in [2.75, 3.05) is 47.3 Å². The lowest BCUT2D eigenvalue weighted by Gasteiger charge is -2.33. The molecule has 0 aliphatic heterocycles. The van der Waals surface area contributed by atoms with Crippen molar-refractivity contribution in [3.63, 3.8) is 0 Å². The number of hydrogen-bond donors (Lipinski definition) is 0. The number of methoxy groups -OCH3 is 2. The topological polar surface area (TPSA) is 167 Å². The van der Waals surface area contributed by atoms with Crippen LogP contribution in [0.1, 0.15) is 145 Å². The Labute approximate surface area is 431 Å². The summed E-state index contributed by atoms with van der Waals surface area (Å²) >= 11 is 0. The molecule has 398 valence electrons. The van der Waals surface area contributed by atoms with Crippen LogP contribution in [0.3, 0.4) is 0 Å². The zero-order valence-corrected chi connectivity index (χ0v) is 44.4. The molecule has 14 heteroatoms. The van der Waals surface area contributed by atoms with E-state index in [1.54, 1.807) is 19.9 Å². The highest BCUT2D eigenvalue weighted by Gasteiger charge is 2.37. The Morgan fingerprint density at radius 2 is 1.22 bits per heavy atom. The van der Waals surface area contributed by atoms with Crippen LogP contribution in [0.5, 0.6) is 5.75 Å². The predicted molar refractivity (Wildman–Crippen MR) is 277 cm³/mol. The van der Waals surface area contributed by atoms with E-state index in [2.05, 4.69) is 35.6 Å². The summed E-state index contributed by atoms with van der Waals surface area (Å²) in [6.45, 7) is 17.6. The fraction of sp³-hybridized carbons (Fsp3) is 0.525. The van der Waals surface area contributed by atoms with Gasteiger partial charge in [0.2, 0.25) is 0 Å². The lowest BCUT2D eigenvalue weighted by molar-refractivity contribution is -0.174. The number of esters is 6. The van der Waals surface area contributed by atoms with Crippen molar-refractivity contribution in [1.29, 1.82) is 0 Å². The molecule has 1 aliphatic carbocycles. The van der Waals surface area contributed by atoms with Crippen LogP contribution in [-0.4, -0.2) is 83.1 Å². The first-order valence-electron chi connectivity index (χ1n) is 25.8. The molecule has 3 aromatic carbocycles. The summed E-state index contributed by atoms with van der Waals surface area (Å²) in [7, 11) is 2.07. The van der Waals surface area contributed by atoms with Gasteiger partial charge in [-0.15, -0.1) is 0 Å². The maximum absolute atomic E-state index is 16.2. The van der Waals surface area contributed by atoms with Crippen molar-refractivity contribution < 1.29 is 66.3 Å². The highest BCUT2D eigenvalue weighted by atomic mass is 19.1. The Balaban J connectivity index is 1.83. The number of carbonyl (C=O) groups is 6. The molecule has 0 bridgehead atoms. The molecule has 0 heterocycles. The van der Waals surface area contributed by atoms with Crippen LogP contribution >= 0.6 is 0 Å². The normalized spacial score (nSPS) is 14.4. The number of hydrogen-bond acceptors (Lipinski definition) is 13. The Kier molecular flexibility index (Phi) is 23.9. The minimum absolute atomic E-state index is 0.0629. The highest BCUT2D eigenvalue weighted by Crippen LogP contribution is 2.42. The molecule has 1 fully saturated rings. The molecule has 1 saturated carbocycles. The van der Waals surface area contributed by atoms with Gasteiger partial charge in [-0.1, -0.05) is 96.4 Å². The molecule has 0 atom stereocenters. The van der Waals surface area contributed by atoms with Crippen molar-refractivity contribution in [2.45, 2.75) is 144 Å². The Bertz CT molecular complexity index is 2400. The van der Waals surface area contributed by atoms with E-state index in [0.717, 1.165) is 77.5 Å². The second kappa shape index (κ2) is 29.4. The van der Waals surface area contributed by atoms with Crippen LogP contribution in [0, 0.1) is 24.1 Å². The number of ether oxygens (including phenoxy) is 7. The minimum Gasteiger partial charge on any atom is -0.492 e. The van der Waals surface area contributed by atoms with Gasteiger partial charge in [0.05, 0.1) is 32.8 Å². The van der Waals surface area contributed by atoms with E-state index in [0.29, 0.717) is 55.8 Å². The molecule has 73 heavy (non-hydrogen) atoms. The van der Waals surface area contributed by atoms with Crippen molar-refractivity contribution in [3.8, 4) is 28.0 Å². The quantitative estimate of drug-likeness (QED) is 0.0233. The van der Waals surface area contributed by atoms with Crippen molar-refractivity contribution in [3.05, 3.63) is 100 Å². The molecule has 0 radical (unpaired) electrons. The van der Waals surface area contributed by atoms with E-state index in [1.807, 2.05) is 51.1 Å². The predicted octanol–water partition coefficient (Wildman–Crippen LogP) is 11.6. The smallest absolute Gasteiger partial charge is 0.417 e. The van der Waals surface area contributed by atoms with Crippen molar-refractivity contribution >= 4 is 35.8 Å². The Morgan fingerprint density at radius 1 is 0.630 bits per heavy atom. The maximum Gasteiger partial charge on any atom is 0.417 e. The van der Waals surface area contributed by atoms with E-state index in [4.69, 9.17) is 23.7 Å². The van der Waals surface area contributed by atoms with Gasteiger partial charge in [-0.2, -0.15) is 0 Å². The molecular formula is C59H77FO13. The molecule has 0 spiro atoms. The zero-order chi connectivity index (χ0) is 53.7. The second-order valence-corrected chi connectivity index (χ2v) is 19.4. The summed E-state index contributed by atoms with van der Waals surface area (Å²) in [6, 6.07) is 13.7. The first-order valence-corrected chi connectivity index (χ1v) is 25.8. The van der Waals surface area contributed by atoms with Crippen molar-refractivity contribution in [1.82, 2.24) is 0 Å². The van der Waals surface area contributed by atoms with Gasteiger partial charge in [0.1, 0.15) is 31.4 Å². The number of halogens is 1. The third-order valence-corrected chi connectivity index (χ3v) is 13.6. The second-order valence-electron chi connectivity index (χ2n) is 19.4. The van der Waals surface area contributed by atoms with E-state index in [1.165, 1.54) is 38.5 Å². The number of rotatable bonds is 27. The molecule has 0 amide bonds. The van der Waals surface area contributed by atoms with Crippen LogP contribution in [0.25, 0.3) is 22.3 Å². The van der Waals surface area contributed by atoms with E-state index in [-0.39, 0.29) is 43.2 Å². The standard InChI is InChI=1S/C59H77FO13/c1-11-14-15-18-41-21-23-42(24-22-41)43-25-28-48(51(60)34-43)47-27-26-44(32-40(47)8)50-33-45(19-16-30-69-53(61)38(4)5)52(49(46(50)13-3)20-17-31-70-54(62)39(6)7)71-35-59(29-12-2,36-72-57(65)55(63)67-9)37-73-58(66)56(64)68-10/h25-28,32-34,41-42H,4,6,11-24,29-31,35-37H2,1-3,5,7-10H3. The van der Waals surface area contributed by atoms with Gasteiger partial charge in [-0.25, -0.2) is 33.2 Å². The van der Waals surface area contributed by atoms with Gasteiger partial charge in [-0.05, 0) is 153 Å². The van der Waals surface area contributed by atoms with Crippen LogP contribution in [-0.2, 0) is 76.5 Å². The van der Waals surface area contributed by atoms with Gasteiger partial charge in [0.15, 0.2) is 0 Å². The van der Waals surface area contributed by atoms with E-state index >= 15 is 4.39 Å². The molecule has 0 saturated heterocycles. The molecule has 0 N–H and O–H groups in total. The average molecular weight is 1010 g/mol. The maximum atomic E-state index is 16.2. The Hall–Kier alpha value is -6.31. The monoisotopic (exact) mass is 1010 g/mol. The largest absolute Gasteiger partial charge is 0.492 e. The minimum atomic E-state index is -1.30. The lowest BCUT2D eigenvalue weighted by Crippen LogP contribution is -2.41. The van der Waals surface area contributed by atoms with E-state index < -0.39 is 54.4 Å². The summed E-state index contributed by atoms with van der Waals surface area (Å²) in [5.74, 6) is -4.77. The van der Waals surface area contributed by atoms with Gasteiger partial charge >= 0.3 is 35.8 Å². The van der Waals surface area contributed by atoms with E-state index in [9.17, 15) is 28.8 Å². The molecular weight excluding hydrogens is 936 g/mol. The number of aryl methyl sites for hydroxylation is 2. The van der Waals surface area contributed by atoms with Crippen LogP contribution < -0.4 is 4.74 Å². The fourth-order valence-electron chi connectivity index (χ4n) is 9.62. The molecule has 3 aromatic rings. The number of carbonyl (C=O) groups excluding carboxylic acids is 6. The summed E-state index contributed by atoms with van der Waals surface area (Å²) in [5, 5.41) is 0. The third kappa shape index (κ3) is 17.1. The number of benzene rings is 3. The third-order valence-electron chi connectivity index (χ3n) is 13.6. The summed E-state index contributed by atoms with van der Waals surface area (Å²) in [6.07, 6.45) is 12.3. The molecule has 1 aliphatic rings. The van der Waals surface area contributed by atoms with Gasteiger partial charge in [0, 0.05) is 16.7 Å². The molecule has 4 rings (SSSR count). The summed E-state index contributed by atoms with van der Waals surface area (Å²) < 4.78 is 54.1. The van der Waals surface area contributed by atoms with Gasteiger partial charge in [-0.3, -0.25) is 0 Å². The SMILES string of the molecule is C=C(C)C(=O)OCCCc1cc(-c2ccc(-c3ccc(C4CCC(CCCCC)CC4)cc3F)c(C)c2)c(CC)c(CCCOC(=O)C(=C)C)c1OCC(CCC)(COC(=O)C(=O)OC)COC(=O)C(=O)OC.